The number of rotatable bonds is 3. The maximum Gasteiger partial charge on any atom is 0.355 e. The van der Waals surface area contributed by atoms with Crippen molar-refractivity contribution >= 4 is 17.3 Å². The second-order valence-corrected chi connectivity index (χ2v) is 5.30. The van der Waals surface area contributed by atoms with Gasteiger partial charge in [-0.05, 0) is 26.2 Å². The first-order chi connectivity index (χ1) is 7.66. The zero-order chi connectivity index (χ0) is 11.5. The summed E-state index contributed by atoms with van der Waals surface area (Å²) in [6.07, 6.45) is 4.36. The van der Waals surface area contributed by atoms with Gasteiger partial charge in [-0.3, -0.25) is 0 Å². The van der Waals surface area contributed by atoms with Gasteiger partial charge in [-0.2, -0.15) is 0 Å². The first-order valence-corrected chi connectivity index (χ1v) is 6.29. The van der Waals surface area contributed by atoms with Crippen LogP contribution in [0.4, 0.5) is 0 Å². The van der Waals surface area contributed by atoms with E-state index in [9.17, 15) is 4.79 Å². The largest absolute Gasteiger partial charge is 0.476 e. The Morgan fingerprint density at radius 1 is 1.62 bits per heavy atom. The summed E-state index contributed by atoms with van der Waals surface area (Å²) in [6.45, 7) is 2.62. The zero-order valence-electron chi connectivity index (χ0n) is 9.23. The highest BCUT2D eigenvalue weighted by atomic mass is 32.1. The van der Waals surface area contributed by atoms with Gasteiger partial charge in [0.05, 0.1) is 11.1 Å². The Bertz CT molecular complexity index is 383. The minimum Gasteiger partial charge on any atom is -0.476 e. The first-order valence-electron chi connectivity index (χ1n) is 5.48. The molecular weight excluding hydrogens is 226 g/mol. The number of nitrogens with zero attached hydrogens (tertiary/aromatic N) is 1. The van der Waals surface area contributed by atoms with Crippen LogP contribution in [0.15, 0.2) is 0 Å². The molecule has 16 heavy (non-hydrogen) atoms. The number of thiazole rings is 1. The average molecular weight is 241 g/mol. The zero-order valence-corrected chi connectivity index (χ0v) is 10.0. The monoisotopic (exact) mass is 241 g/mol. The van der Waals surface area contributed by atoms with E-state index in [1.54, 1.807) is 6.92 Å². The van der Waals surface area contributed by atoms with Crippen LogP contribution in [0, 0.1) is 6.92 Å². The summed E-state index contributed by atoms with van der Waals surface area (Å²) in [6, 6.07) is 0. The third-order valence-corrected chi connectivity index (χ3v) is 3.71. The number of carbonyl (C=O) groups is 1. The molecule has 1 unspecified atom stereocenters. The molecule has 1 aromatic rings. The van der Waals surface area contributed by atoms with Crippen LogP contribution >= 0.6 is 11.3 Å². The Morgan fingerprint density at radius 3 is 3.00 bits per heavy atom. The number of hydrogen-bond donors (Lipinski definition) is 1. The van der Waals surface area contributed by atoms with Gasteiger partial charge in [-0.1, -0.05) is 0 Å². The van der Waals surface area contributed by atoms with Crippen molar-refractivity contribution in [3.8, 4) is 0 Å². The van der Waals surface area contributed by atoms with E-state index >= 15 is 0 Å². The van der Waals surface area contributed by atoms with E-state index in [1.165, 1.54) is 17.8 Å². The number of ether oxygens (including phenoxy) is 1. The van der Waals surface area contributed by atoms with Gasteiger partial charge in [0.2, 0.25) is 0 Å². The number of carboxylic acids is 1. The molecular formula is C11H15NO3S. The molecule has 0 amide bonds. The Morgan fingerprint density at radius 2 is 2.44 bits per heavy atom. The summed E-state index contributed by atoms with van der Waals surface area (Å²) in [5, 5.41) is 9.77. The summed E-state index contributed by atoms with van der Waals surface area (Å²) in [5.74, 6) is -0.940. The molecule has 4 nitrogen and oxygen atoms in total. The fraction of sp³-hybridized carbons (Fsp3) is 0.636. The normalized spacial score (nSPS) is 20.9. The molecule has 1 aromatic heterocycles. The Labute approximate surface area is 98.3 Å². The van der Waals surface area contributed by atoms with Gasteiger partial charge in [0, 0.05) is 17.9 Å². The van der Waals surface area contributed by atoms with Crippen LogP contribution in [-0.4, -0.2) is 28.8 Å². The van der Waals surface area contributed by atoms with Crippen LogP contribution in [0.5, 0.6) is 0 Å². The molecule has 0 aromatic carbocycles. The van der Waals surface area contributed by atoms with E-state index in [2.05, 4.69) is 4.98 Å². The summed E-state index contributed by atoms with van der Waals surface area (Å²) >= 11 is 1.46. The second kappa shape index (κ2) is 4.93. The molecule has 1 aliphatic heterocycles. The molecule has 2 heterocycles. The molecule has 5 heteroatoms. The molecule has 0 radical (unpaired) electrons. The van der Waals surface area contributed by atoms with Crippen LogP contribution in [0.2, 0.25) is 0 Å². The lowest BCUT2D eigenvalue weighted by molar-refractivity contribution is 0.0167. The van der Waals surface area contributed by atoms with Crippen LogP contribution in [-0.2, 0) is 11.2 Å². The van der Waals surface area contributed by atoms with Crippen LogP contribution in [0.3, 0.4) is 0 Å². The summed E-state index contributed by atoms with van der Waals surface area (Å²) < 4.78 is 5.61. The maximum absolute atomic E-state index is 10.8. The van der Waals surface area contributed by atoms with E-state index in [-0.39, 0.29) is 11.8 Å². The minimum atomic E-state index is -0.940. The molecule has 1 atom stereocenters. The van der Waals surface area contributed by atoms with Gasteiger partial charge in [-0.25, -0.2) is 9.78 Å². The van der Waals surface area contributed by atoms with Gasteiger partial charge in [-0.15, -0.1) is 11.3 Å². The van der Waals surface area contributed by atoms with Crippen molar-refractivity contribution in [1.82, 2.24) is 4.98 Å². The fourth-order valence-electron chi connectivity index (χ4n) is 1.90. The van der Waals surface area contributed by atoms with Gasteiger partial charge in [0.1, 0.15) is 0 Å². The van der Waals surface area contributed by atoms with Crippen molar-refractivity contribution in [3.05, 3.63) is 15.6 Å². The Balaban J connectivity index is 2.03. The highest BCUT2D eigenvalue weighted by Gasteiger charge is 2.19. The highest BCUT2D eigenvalue weighted by Crippen LogP contribution is 2.22. The molecule has 0 spiro atoms. The number of carboxylic acid groups (broad SMARTS) is 1. The van der Waals surface area contributed by atoms with Gasteiger partial charge in [0.25, 0.3) is 0 Å². The van der Waals surface area contributed by atoms with Crippen molar-refractivity contribution in [2.45, 2.75) is 38.7 Å². The Kier molecular flexibility index (Phi) is 3.56. The second-order valence-electron chi connectivity index (χ2n) is 4.01. The molecule has 1 aliphatic rings. The quantitative estimate of drug-likeness (QED) is 0.881. The third-order valence-electron chi connectivity index (χ3n) is 2.72. The SMILES string of the molecule is Cc1sc(CC2CCCCO2)nc1C(=O)O. The first kappa shape index (κ1) is 11.5. The number of aromatic nitrogens is 1. The van der Waals surface area contributed by atoms with Gasteiger partial charge >= 0.3 is 5.97 Å². The van der Waals surface area contributed by atoms with E-state index in [0.717, 1.165) is 35.8 Å². The highest BCUT2D eigenvalue weighted by molar-refractivity contribution is 7.11. The average Bonchev–Trinajstić information content (AvgIpc) is 2.61. The van der Waals surface area contributed by atoms with Crippen molar-refractivity contribution in [2.75, 3.05) is 6.61 Å². The third kappa shape index (κ3) is 2.59. The van der Waals surface area contributed by atoms with Crippen molar-refractivity contribution in [2.24, 2.45) is 0 Å². The molecule has 2 rings (SSSR count). The summed E-state index contributed by atoms with van der Waals surface area (Å²) in [5.41, 5.74) is 0.191. The molecule has 88 valence electrons. The number of hydrogen-bond acceptors (Lipinski definition) is 4. The predicted octanol–water partition coefficient (Wildman–Crippen LogP) is 2.26. The molecule has 0 saturated carbocycles. The smallest absolute Gasteiger partial charge is 0.355 e. The predicted molar refractivity (Wildman–Crippen MR) is 61.1 cm³/mol. The van der Waals surface area contributed by atoms with Crippen LogP contribution < -0.4 is 0 Å². The standard InChI is InChI=1S/C11H15NO3S/c1-7-10(11(13)14)12-9(16-7)6-8-4-2-3-5-15-8/h8H,2-6H2,1H3,(H,13,14). The topological polar surface area (TPSA) is 59.4 Å². The van der Waals surface area contributed by atoms with Gasteiger partial charge in [0.15, 0.2) is 5.69 Å². The van der Waals surface area contributed by atoms with Crippen molar-refractivity contribution in [1.29, 1.82) is 0 Å². The van der Waals surface area contributed by atoms with E-state index < -0.39 is 5.97 Å². The lowest BCUT2D eigenvalue weighted by atomic mass is 10.1. The molecule has 1 N–H and O–H groups in total. The van der Waals surface area contributed by atoms with Crippen molar-refractivity contribution in [3.63, 3.8) is 0 Å². The fourth-order valence-corrected chi connectivity index (χ4v) is 2.89. The summed E-state index contributed by atoms with van der Waals surface area (Å²) in [4.78, 5) is 15.8. The Hall–Kier alpha value is -0.940. The maximum atomic E-state index is 10.8. The molecule has 0 aliphatic carbocycles. The van der Waals surface area contributed by atoms with E-state index in [4.69, 9.17) is 9.84 Å². The minimum absolute atomic E-state index is 0.191. The van der Waals surface area contributed by atoms with Crippen LogP contribution in [0.25, 0.3) is 0 Å². The number of aromatic carboxylic acids is 1. The van der Waals surface area contributed by atoms with Crippen LogP contribution in [0.1, 0.15) is 39.6 Å². The van der Waals surface area contributed by atoms with E-state index in [1.807, 2.05) is 0 Å². The van der Waals surface area contributed by atoms with Gasteiger partial charge < -0.3 is 9.84 Å². The lowest BCUT2D eigenvalue weighted by Gasteiger charge is -2.21. The number of aryl methyl sites for hydroxylation is 1. The van der Waals surface area contributed by atoms with E-state index in [0.29, 0.717) is 0 Å². The molecule has 1 fully saturated rings. The van der Waals surface area contributed by atoms with Crippen molar-refractivity contribution < 1.29 is 14.6 Å². The lowest BCUT2D eigenvalue weighted by Crippen LogP contribution is -2.21. The molecule has 1 saturated heterocycles. The molecule has 0 bridgehead atoms. The summed E-state index contributed by atoms with van der Waals surface area (Å²) in [7, 11) is 0.